The lowest BCUT2D eigenvalue weighted by molar-refractivity contribution is -0.123. The van der Waals surface area contributed by atoms with Gasteiger partial charge in [0.1, 0.15) is 5.82 Å². The highest BCUT2D eigenvalue weighted by molar-refractivity contribution is 6.34. The Hall–Kier alpha value is -1.93. The van der Waals surface area contributed by atoms with Crippen molar-refractivity contribution in [1.82, 2.24) is 5.32 Å². The van der Waals surface area contributed by atoms with Gasteiger partial charge in [-0.05, 0) is 31.0 Å². The van der Waals surface area contributed by atoms with Gasteiger partial charge in [-0.25, -0.2) is 4.39 Å². The molecule has 2 rings (SSSR count). The summed E-state index contributed by atoms with van der Waals surface area (Å²) in [6, 6.07) is 4.98. The van der Waals surface area contributed by atoms with Crippen molar-refractivity contribution in [3.05, 3.63) is 34.6 Å². The number of nitrogens with zero attached hydrogens (tertiary/aromatic N) is 1. The molecule has 0 unspecified atom stereocenters. The molecule has 1 aliphatic rings. The highest BCUT2D eigenvalue weighted by Crippen LogP contribution is 2.22. The van der Waals surface area contributed by atoms with E-state index in [0.717, 1.165) is 44.2 Å². The van der Waals surface area contributed by atoms with Crippen molar-refractivity contribution in [3.63, 3.8) is 0 Å². The second-order valence-corrected chi connectivity index (χ2v) is 5.80. The zero-order valence-electron chi connectivity index (χ0n) is 11.9. The Morgan fingerprint density at radius 2 is 2.00 bits per heavy atom. The SMILES string of the molecule is N#C[C@H](C(=O)NC1CCCCC1)C(=O)c1ccc(F)cc1Cl. The Morgan fingerprint density at radius 1 is 1.32 bits per heavy atom. The second kappa shape index (κ2) is 7.37. The topological polar surface area (TPSA) is 70.0 Å². The molecule has 0 spiro atoms. The van der Waals surface area contributed by atoms with Gasteiger partial charge >= 0.3 is 0 Å². The van der Waals surface area contributed by atoms with Crippen molar-refractivity contribution in [2.24, 2.45) is 5.92 Å². The quantitative estimate of drug-likeness (QED) is 0.683. The first-order chi connectivity index (χ1) is 10.5. The van der Waals surface area contributed by atoms with Crippen LogP contribution in [0.3, 0.4) is 0 Å². The minimum absolute atomic E-state index is 0.00795. The molecule has 1 aromatic rings. The molecule has 0 radical (unpaired) electrons. The predicted octanol–water partition coefficient (Wildman–Crippen LogP) is 3.25. The molecule has 1 saturated carbocycles. The number of amides is 1. The van der Waals surface area contributed by atoms with E-state index < -0.39 is 23.4 Å². The normalized spacial score (nSPS) is 16.6. The van der Waals surface area contributed by atoms with Crippen LogP contribution in [-0.4, -0.2) is 17.7 Å². The Kier molecular flexibility index (Phi) is 5.51. The van der Waals surface area contributed by atoms with Crippen molar-refractivity contribution >= 4 is 23.3 Å². The van der Waals surface area contributed by atoms with Crippen LogP contribution in [0.15, 0.2) is 18.2 Å². The smallest absolute Gasteiger partial charge is 0.245 e. The standard InChI is InChI=1S/C16H16ClFN2O2/c17-14-8-10(18)6-7-12(14)15(21)13(9-19)16(22)20-11-4-2-1-3-5-11/h6-8,11,13H,1-5H2,(H,20,22)/t13-/m0/s1. The lowest BCUT2D eigenvalue weighted by Gasteiger charge is -2.23. The van der Waals surface area contributed by atoms with E-state index in [4.69, 9.17) is 16.9 Å². The third kappa shape index (κ3) is 3.83. The molecule has 1 aromatic carbocycles. The van der Waals surface area contributed by atoms with Crippen molar-refractivity contribution < 1.29 is 14.0 Å². The molecule has 0 bridgehead atoms. The van der Waals surface area contributed by atoms with Gasteiger partial charge in [-0.1, -0.05) is 30.9 Å². The number of benzene rings is 1. The molecule has 1 aliphatic carbocycles. The summed E-state index contributed by atoms with van der Waals surface area (Å²) in [5.41, 5.74) is -0.0200. The number of halogens is 2. The number of carbonyl (C=O) groups is 2. The zero-order chi connectivity index (χ0) is 16.1. The maximum Gasteiger partial charge on any atom is 0.245 e. The average molecular weight is 323 g/mol. The first kappa shape index (κ1) is 16.4. The van der Waals surface area contributed by atoms with Crippen molar-refractivity contribution in [2.75, 3.05) is 0 Å². The summed E-state index contributed by atoms with van der Waals surface area (Å²) < 4.78 is 13.0. The zero-order valence-corrected chi connectivity index (χ0v) is 12.7. The number of rotatable bonds is 4. The molecular weight excluding hydrogens is 307 g/mol. The van der Waals surface area contributed by atoms with Gasteiger partial charge in [0, 0.05) is 11.6 Å². The third-order valence-corrected chi connectivity index (χ3v) is 4.11. The minimum Gasteiger partial charge on any atom is -0.352 e. The van der Waals surface area contributed by atoms with E-state index in [-0.39, 0.29) is 16.6 Å². The first-order valence-corrected chi connectivity index (χ1v) is 7.60. The van der Waals surface area contributed by atoms with E-state index >= 15 is 0 Å². The van der Waals surface area contributed by atoms with Gasteiger partial charge in [-0.15, -0.1) is 0 Å². The molecule has 6 heteroatoms. The van der Waals surface area contributed by atoms with Crippen LogP contribution in [0.4, 0.5) is 4.39 Å². The molecule has 22 heavy (non-hydrogen) atoms. The molecule has 1 fully saturated rings. The fourth-order valence-corrected chi connectivity index (χ4v) is 2.87. The Morgan fingerprint density at radius 3 is 2.59 bits per heavy atom. The summed E-state index contributed by atoms with van der Waals surface area (Å²) in [6.45, 7) is 0. The number of hydrogen-bond donors (Lipinski definition) is 1. The maximum absolute atomic E-state index is 13.0. The fraction of sp³-hybridized carbons (Fsp3) is 0.438. The molecule has 0 saturated heterocycles. The van der Waals surface area contributed by atoms with Crippen molar-refractivity contribution in [2.45, 2.75) is 38.1 Å². The van der Waals surface area contributed by atoms with Crippen LogP contribution in [0, 0.1) is 23.1 Å². The van der Waals surface area contributed by atoms with E-state index in [0.29, 0.717) is 0 Å². The molecule has 0 heterocycles. The summed E-state index contributed by atoms with van der Waals surface area (Å²) in [6.07, 6.45) is 4.91. The largest absolute Gasteiger partial charge is 0.352 e. The van der Waals surface area contributed by atoms with Crippen molar-refractivity contribution in [3.8, 4) is 6.07 Å². The number of Topliss-reactive ketones (excluding diaryl/α,β-unsaturated/α-hetero) is 1. The summed E-state index contributed by atoms with van der Waals surface area (Å²) in [4.78, 5) is 24.5. The lowest BCUT2D eigenvalue weighted by Crippen LogP contribution is -2.42. The summed E-state index contributed by atoms with van der Waals surface area (Å²) in [7, 11) is 0. The predicted molar refractivity (Wildman–Crippen MR) is 79.9 cm³/mol. The number of nitrogens with one attached hydrogen (secondary N) is 1. The van der Waals surface area contributed by atoms with E-state index in [1.165, 1.54) is 6.07 Å². The van der Waals surface area contributed by atoms with Crippen LogP contribution in [0.1, 0.15) is 42.5 Å². The van der Waals surface area contributed by atoms with Gasteiger partial charge in [0.05, 0.1) is 11.1 Å². The molecule has 4 nitrogen and oxygen atoms in total. The molecule has 0 aliphatic heterocycles. The van der Waals surface area contributed by atoms with Gasteiger partial charge in [0.25, 0.3) is 0 Å². The maximum atomic E-state index is 13.0. The molecule has 116 valence electrons. The second-order valence-electron chi connectivity index (χ2n) is 5.39. The van der Waals surface area contributed by atoms with E-state index in [1.807, 2.05) is 0 Å². The van der Waals surface area contributed by atoms with Gasteiger partial charge < -0.3 is 5.32 Å². The van der Waals surface area contributed by atoms with Gasteiger partial charge in [-0.3, -0.25) is 9.59 Å². The van der Waals surface area contributed by atoms with Crippen LogP contribution in [-0.2, 0) is 4.79 Å². The van der Waals surface area contributed by atoms with Crippen LogP contribution in [0.5, 0.6) is 0 Å². The first-order valence-electron chi connectivity index (χ1n) is 7.22. The average Bonchev–Trinajstić information content (AvgIpc) is 2.48. The fourth-order valence-electron chi connectivity index (χ4n) is 2.61. The minimum atomic E-state index is -1.47. The third-order valence-electron chi connectivity index (χ3n) is 3.80. The molecule has 1 atom stereocenters. The van der Waals surface area contributed by atoms with Crippen LogP contribution in [0.25, 0.3) is 0 Å². The summed E-state index contributed by atoms with van der Waals surface area (Å²) in [5, 5.41) is 11.8. The number of hydrogen-bond acceptors (Lipinski definition) is 3. The monoisotopic (exact) mass is 322 g/mol. The van der Waals surface area contributed by atoms with E-state index in [9.17, 15) is 14.0 Å². The molecular formula is C16H16ClFN2O2. The Balaban J connectivity index is 2.11. The van der Waals surface area contributed by atoms with Gasteiger partial charge in [-0.2, -0.15) is 5.26 Å². The van der Waals surface area contributed by atoms with E-state index in [1.54, 1.807) is 6.07 Å². The number of ketones is 1. The van der Waals surface area contributed by atoms with E-state index in [2.05, 4.69) is 5.32 Å². The van der Waals surface area contributed by atoms with Crippen LogP contribution in [0.2, 0.25) is 5.02 Å². The Labute approximate surface area is 133 Å². The highest BCUT2D eigenvalue weighted by Gasteiger charge is 2.30. The number of nitriles is 1. The van der Waals surface area contributed by atoms with Crippen molar-refractivity contribution in [1.29, 1.82) is 5.26 Å². The number of carbonyl (C=O) groups excluding carboxylic acids is 2. The molecule has 1 N–H and O–H groups in total. The lowest BCUT2D eigenvalue weighted by atomic mass is 9.93. The van der Waals surface area contributed by atoms with Crippen LogP contribution >= 0.6 is 11.6 Å². The van der Waals surface area contributed by atoms with Gasteiger partial charge in [0.15, 0.2) is 11.7 Å². The molecule has 0 aromatic heterocycles. The highest BCUT2D eigenvalue weighted by atomic mass is 35.5. The summed E-state index contributed by atoms with van der Waals surface area (Å²) >= 11 is 5.82. The summed E-state index contributed by atoms with van der Waals surface area (Å²) in [5.74, 6) is -3.37. The van der Waals surface area contributed by atoms with Gasteiger partial charge in [0.2, 0.25) is 5.91 Å². The molecule has 1 amide bonds. The Bertz CT molecular complexity index is 621. The van der Waals surface area contributed by atoms with Crippen LogP contribution < -0.4 is 5.32 Å².